The first-order valence-electron chi connectivity index (χ1n) is 10.5. The second-order valence-electron chi connectivity index (χ2n) is 7.94. The van der Waals surface area contributed by atoms with Crippen LogP contribution in [0.5, 0.6) is 0 Å². The van der Waals surface area contributed by atoms with Gasteiger partial charge in [-0.15, -0.1) is 0 Å². The van der Waals surface area contributed by atoms with E-state index in [1.807, 2.05) is 25.1 Å². The van der Waals surface area contributed by atoms with Gasteiger partial charge in [-0.3, -0.25) is 14.7 Å². The number of aryl methyl sites for hydroxylation is 1. The van der Waals surface area contributed by atoms with E-state index in [0.717, 1.165) is 36.2 Å². The predicted molar refractivity (Wildman–Crippen MR) is 115 cm³/mol. The fourth-order valence-corrected chi connectivity index (χ4v) is 4.11. The number of hydrogen-bond donors (Lipinski definition) is 1. The summed E-state index contributed by atoms with van der Waals surface area (Å²) in [7, 11) is 0. The van der Waals surface area contributed by atoms with Crippen LogP contribution in [0.3, 0.4) is 0 Å². The summed E-state index contributed by atoms with van der Waals surface area (Å²) in [5, 5.41) is 2.86. The molecule has 1 aromatic heterocycles. The number of carbonyl (C=O) groups excluding carboxylic acids is 1. The molecule has 0 unspecified atom stereocenters. The van der Waals surface area contributed by atoms with Crippen LogP contribution in [0, 0.1) is 18.6 Å². The fraction of sp³-hybridized carbons (Fsp3) is 0.280. The number of rotatable bonds is 6. The molecule has 1 N–H and O–H groups in total. The summed E-state index contributed by atoms with van der Waals surface area (Å²) < 4.78 is 26.6. The number of benzene rings is 2. The number of carbonyl (C=O) groups is 1. The van der Waals surface area contributed by atoms with Crippen molar-refractivity contribution in [2.24, 2.45) is 0 Å². The molecule has 4 nitrogen and oxygen atoms in total. The number of aromatic nitrogens is 1. The first-order valence-corrected chi connectivity index (χ1v) is 10.5. The summed E-state index contributed by atoms with van der Waals surface area (Å²) in [4.78, 5) is 19.6. The molecule has 0 spiro atoms. The third-order valence-corrected chi connectivity index (χ3v) is 5.70. The van der Waals surface area contributed by atoms with Crippen molar-refractivity contribution in [1.82, 2.24) is 15.2 Å². The molecule has 1 atom stereocenters. The van der Waals surface area contributed by atoms with Crippen molar-refractivity contribution in [2.45, 2.75) is 38.9 Å². The zero-order valence-corrected chi connectivity index (χ0v) is 17.4. The van der Waals surface area contributed by atoms with Crippen molar-refractivity contribution < 1.29 is 13.6 Å². The molecule has 160 valence electrons. The van der Waals surface area contributed by atoms with Gasteiger partial charge in [0.25, 0.3) is 5.91 Å². The van der Waals surface area contributed by atoms with Gasteiger partial charge in [0.1, 0.15) is 11.6 Å². The van der Waals surface area contributed by atoms with E-state index < -0.39 is 0 Å². The molecule has 0 radical (unpaired) electrons. The lowest BCUT2D eigenvalue weighted by Gasteiger charge is -2.24. The Bertz CT molecular complexity index is 1070. The molecule has 6 heteroatoms. The summed E-state index contributed by atoms with van der Waals surface area (Å²) in [6.07, 6.45) is 2.04. The summed E-state index contributed by atoms with van der Waals surface area (Å²) in [5.41, 5.74) is 3.91. The molecule has 1 aliphatic heterocycles. The number of pyridine rings is 1. The molecule has 0 saturated carbocycles. The molecule has 0 bridgehead atoms. The van der Waals surface area contributed by atoms with E-state index >= 15 is 0 Å². The third-order valence-electron chi connectivity index (χ3n) is 5.70. The van der Waals surface area contributed by atoms with E-state index in [2.05, 4.69) is 10.2 Å². The predicted octanol–water partition coefficient (Wildman–Crippen LogP) is 4.94. The van der Waals surface area contributed by atoms with Crippen molar-refractivity contribution in [3.8, 4) is 0 Å². The topological polar surface area (TPSA) is 45.2 Å². The third kappa shape index (κ3) is 5.14. The van der Waals surface area contributed by atoms with E-state index in [4.69, 9.17) is 4.98 Å². The Kier molecular flexibility index (Phi) is 6.37. The fourth-order valence-electron chi connectivity index (χ4n) is 4.11. The van der Waals surface area contributed by atoms with Gasteiger partial charge in [-0.25, -0.2) is 8.78 Å². The van der Waals surface area contributed by atoms with Gasteiger partial charge in [-0.05, 0) is 73.8 Å². The standard InChI is InChI=1S/C25H25F2N3O/c1-17-22(25(31)28-15-18-7-9-20(26)10-8-18)11-12-23(29-17)24-6-3-13-30(24)16-19-4-2-5-21(27)14-19/h2,4-5,7-12,14,24H,3,6,13,15-16H2,1H3,(H,28,31)/t24-/m1/s1. The maximum Gasteiger partial charge on any atom is 0.253 e. The minimum Gasteiger partial charge on any atom is -0.348 e. The van der Waals surface area contributed by atoms with Gasteiger partial charge in [0.15, 0.2) is 0 Å². The highest BCUT2D eigenvalue weighted by Crippen LogP contribution is 2.32. The lowest BCUT2D eigenvalue weighted by Crippen LogP contribution is -2.26. The molecular formula is C25H25F2N3O. The van der Waals surface area contributed by atoms with Gasteiger partial charge in [-0.2, -0.15) is 0 Å². The van der Waals surface area contributed by atoms with Crippen molar-refractivity contribution in [3.05, 3.63) is 100 Å². The van der Waals surface area contributed by atoms with E-state index in [0.29, 0.717) is 24.3 Å². The highest BCUT2D eigenvalue weighted by molar-refractivity contribution is 5.95. The van der Waals surface area contributed by atoms with Gasteiger partial charge in [-0.1, -0.05) is 24.3 Å². The first kappa shape index (κ1) is 21.1. The molecule has 2 heterocycles. The summed E-state index contributed by atoms with van der Waals surface area (Å²) in [6, 6.07) is 16.6. The summed E-state index contributed by atoms with van der Waals surface area (Å²) in [6.45, 7) is 3.76. The lowest BCUT2D eigenvalue weighted by atomic mass is 10.1. The van der Waals surface area contributed by atoms with E-state index in [9.17, 15) is 13.6 Å². The normalized spacial score (nSPS) is 16.4. The first-order chi connectivity index (χ1) is 15.0. The molecule has 1 aliphatic rings. The summed E-state index contributed by atoms with van der Waals surface area (Å²) in [5.74, 6) is -0.730. The summed E-state index contributed by atoms with van der Waals surface area (Å²) >= 11 is 0. The molecule has 31 heavy (non-hydrogen) atoms. The zero-order valence-electron chi connectivity index (χ0n) is 17.4. The van der Waals surface area contributed by atoms with E-state index in [-0.39, 0.29) is 23.6 Å². The largest absolute Gasteiger partial charge is 0.348 e. The Morgan fingerprint density at radius 2 is 1.87 bits per heavy atom. The van der Waals surface area contributed by atoms with Crippen LogP contribution in [0.15, 0.2) is 60.7 Å². The van der Waals surface area contributed by atoms with Crippen molar-refractivity contribution in [3.63, 3.8) is 0 Å². The van der Waals surface area contributed by atoms with Crippen LogP contribution in [0.2, 0.25) is 0 Å². The van der Waals surface area contributed by atoms with Crippen LogP contribution in [0.4, 0.5) is 8.78 Å². The molecule has 2 aromatic carbocycles. The van der Waals surface area contributed by atoms with Gasteiger partial charge in [0.2, 0.25) is 0 Å². The molecular weight excluding hydrogens is 396 g/mol. The minimum absolute atomic E-state index is 0.151. The molecule has 1 saturated heterocycles. The second-order valence-corrected chi connectivity index (χ2v) is 7.94. The Hall–Kier alpha value is -3.12. The average Bonchev–Trinajstić information content (AvgIpc) is 3.21. The highest BCUT2D eigenvalue weighted by Gasteiger charge is 2.27. The smallest absolute Gasteiger partial charge is 0.253 e. The second kappa shape index (κ2) is 9.35. The van der Waals surface area contributed by atoms with Crippen LogP contribution >= 0.6 is 0 Å². The van der Waals surface area contributed by atoms with Crippen LogP contribution in [-0.2, 0) is 13.1 Å². The number of likely N-dealkylation sites (tertiary alicyclic amines) is 1. The van der Waals surface area contributed by atoms with E-state index in [1.165, 1.54) is 18.2 Å². The van der Waals surface area contributed by atoms with Gasteiger partial charge in [0, 0.05) is 13.1 Å². The van der Waals surface area contributed by atoms with Crippen LogP contribution in [0.25, 0.3) is 0 Å². The van der Waals surface area contributed by atoms with Crippen molar-refractivity contribution in [1.29, 1.82) is 0 Å². The monoisotopic (exact) mass is 421 g/mol. The SMILES string of the molecule is Cc1nc([C@H]2CCCN2Cc2cccc(F)c2)ccc1C(=O)NCc1ccc(F)cc1. The Morgan fingerprint density at radius 1 is 1.06 bits per heavy atom. The lowest BCUT2D eigenvalue weighted by molar-refractivity contribution is 0.0949. The van der Waals surface area contributed by atoms with Gasteiger partial charge in [0.05, 0.1) is 23.0 Å². The Balaban J connectivity index is 1.43. The number of nitrogens with zero attached hydrogens (tertiary/aromatic N) is 2. The van der Waals surface area contributed by atoms with Crippen molar-refractivity contribution >= 4 is 5.91 Å². The van der Waals surface area contributed by atoms with Crippen LogP contribution < -0.4 is 5.32 Å². The maximum absolute atomic E-state index is 13.5. The number of hydrogen-bond acceptors (Lipinski definition) is 3. The molecule has 0 aliphatic carbocycles. The molecule has 4 rings (SSSR count). The van der Waals surface area contributed by atoms with Gasteiger partial charge < -0.3 is 5.32 Å². The number of halogens is 2. The zero-order chi connectivity index (χ0) is 21.8. The van der Waals surface area contributed by atoms with Crippen LogP contribution in [-0.4, -0.2) is 22.3 Å². The van der Waals surface area contributed by atoms with Crippen LogP contribution in [0.1, 0.15) is 51.8 Å². The number of amides is 1. The minimum atomic E-state index is -0.302. The highest BCUT2D eigenvalue weighted by atomic mass is 19.1. The Morgan fingerprint density at radius 3 is 2.61 bits per heavy atom. The average molecular weight is 421 g/mol. The van der Waals surface area contributed by atoms with Gasteiger partial charge >= 0.3 is 0 Å². The molecule has 3 aromatic rings. The molecule has 1 fully saturated rings. The molecule has 1 amide bonds. The number of nitrogens with one attached hydrogen (secondary N) is 1. The maximum atomic E-state index is 13.5. The van der Waals surface area contributed by atoms with E-state index in [1.54, 1.807) is 24.3 Å². The van der Waals surface area contributed by atoms with Crippen molar-refractivity contribution in [2.75, 3.05) is 6.54 Å². The quantitative estimate of drug-likeness (QED) is 0.614. The Labute approximate surface area is 180 Å².